The van der Waals surface area contributed by atoms with Gasteiger partial charge in [-0.2, -0.15) is 0 Å². The molecule has 2 atom stereocenters. The highest BCUT2D eigenvalue weighted by molar-refractivity contribution is 5.82. The normalized spacial score (nSPS) is 26.0. The van der Waals surface area contributed by atoms with Crippen LogP contribution in [0.4, 0.5) is 0 Å². The molecule has 3 heteroatoms. The molecule has 0 radical (unpaired) electrons. The van der Waals surface area contributed by atoms with E-state index in [0.717, 1.165) is 13.0 Å². The maximum atomic E-state index is 7.59. The summed E-state index contributed by atoms with van der Waals surface area (Å²) >= 11 is 0. The predicted octanol–water partition coefficient (Wildman–Crippen LogP) is 1.97. The Labute approximate surface area is 87.2 Å². The van der Waals surface area contributed by atoms with Crippen molar-refractivity contribution in [2.24, 2.45) is 5.73 Å². The molecule has 1 aliphatic heterocycles. The molecule has 1 saturated heterocycles. The number of nitrogens with one attached hydrogen (secondary N) is 1. The lowest BCUT2D eigenvalue weighted by molar-refractivity contribution is 0.119. The summed E-state index contributed by atoms with van der Waals surface area (Å²) in [5.41, 5.74) is 5.64. The third-order valence-corrected chi connectivity index (χ3v) is 3.29. The summed E-state index contributed by atoms with van der Waals surface area (Å²) in [5, 5.41) is 7.59. The van der Waals surface area contributed by atoms with E-state index in [1.54, 1.807) is 0 Å². The van der Waals surface area contributed by atoms with Crippen molar-refractivity contribution in [1.82, 2.24) is 4.90 Å². The van der Waals surface area contributed by atoms with Crippen LogP contribution in [0.1, 0.15) is 46.0 Å². The first-order chi connectivity index (χ1) is 6.70. The van der Waals surface area contributed by atoms with Crippen molar-refractivity contribution >= 4 is 5.84 Å². The Bertz CT molecular complexity index is 191. The number of nitrogens with two attached hydrogens (primary N) is 1. The van der Waals surface area contributed by atoms with Gasteiger partial charge in [-0.15, -0.1) is 0 Å². The fourth-order valence-electron chi connectivity index (χ4n) is 2.50. The summed E-state index contributed by atoms with van der Waals surface area (Å²) in [4.78, 5) is 2.44. The summed E-state index contributed by atoms with van der Waals surface area (Å²) in [6.07, 6.45) is 6.03. The third kappa shape index (κ3) is 2.47. The molecular weight excluding hydrogens is 174 g/mol. The minimum Gasteiger partial charge on any atom is -0.386 e. The smallest absolute Gasteiger partial charge is 0.108 e. The maximum absolute atomic E-state index is 7.59. The average Bonchev–Trinajstić information content (AvgIpc) is 2.19. The van der Waals surface area contributed by atoms with Crippen LogP contribution in [0.2, 0.25) is 0 Å². The van der Waals surface area contributed by atoms with Crippen LogP contribution in [0.25, 0.3) is 0 Å². The molecule has 1 fully saturated rings. The van der Waals surface area contributed by atoms with Crippen LogP contribution in [-0.2, 0) is 0 Å². The number of hydrogen-bond donors (Lipinski definition) is 2. The van der Waals surface area contributed by atoms with Crippen molar-refractivity contribution in [3.63, 3.8) is 0 Å². The molecule has 0 bridgehead atoms. The van der Waals surface area contributed by atoms with Crippen LogP contribution in [0.15, 0.2) is 0 Å². The highest BCUT2D eigenvalue weighted by Gasteiger charge is 2.28. The monoisotopic (exact) mass is 197 g/mol. The zero-order valence-corrected chi connectivity index (χ0v) is 9.42. The molecule has 0 aromatic rings. The van der Waals surface area contributed by atoms with E-state index in [-0.39, 0.29) is 6.04 Å². The van der Waals surface area contributed by atoms with Gasteiger partial charge in [0, 0.05) is 6.04 Å². The highest BCUT2D eigenvalue weighted by atomic mass is 15.2. The van der Waals surface area contributed by atoms with Gasteiger partial charge in [-0.05, 0) is 32.2 Å². The van der Waals surface area contributed by atoms with E-state index in [1.807, 2.05) is 0 Å². The van der Waals surface area contributed by atoms with Crippen molar-refractivity contribution in [2.75, 3.05) is 6.54 Å². The summed E-state index contributed by atoms with van der Waals surface area (Å²) in [6.45, 7) is 5.47. The van der Waals surface area contributed by atoms with Crippen LogP contribution in [0, 0.1) is 5.41 Å². The van der Waals surface area contributed by atoms with Gasteiger partial charge < -0.3 is 5.73 Å². The number of rotatable bonds is 4. The molecule has 0 spiro atoms. The number of piperidine rings is 1. The number of nitrogens with zero attached hydrogens (tertiary/aromatic N) is 1. The van der Waals surface area contributed by atoms with E-state index in [9.17, 15) is 0 Å². The van der Waals surface area contributed by atoms with Gasteiger partial charge in [0.2, 0.25) is 0 Å². The lowest BCUT2D eigenvalue weighted by atomic mass is 9.96. The lowest BCUT2D eigenvalue weighted by Gasteiger charge is -2.40. The quantitative estimate of drug-likeness (QED) is 0.535. The fourth-order valence-corrected chi connectivity index (χ4v) is 2.50. The largest absolute Gasteiger partial charge is 0.386 e. The molecule has 1 aliphatic rings. The Morgan fingerprint density at radius 2 is 2.21 bits per heavy atom. The molecule has 2 unspecified atom stereocenters. The minimum absolute atomic E-state index is 0.181. The number of amidine groups is 1. The number of hydrogen-bond acceptors (Lipinski definition) is 2. The van der Waals surface area contributed by atoms with Gasteiger partial charge in [0.15, 0.2) is 0 Å². The van der Waals surface area contributed by atoms with Crippen molar-refractivity contribution in [2.45, 2.75) is 58.0 Å². The molecule has 1 rings (SSSR count). The average molecular weight is 197 g/mol. The Morgan fingerprint density at radius 3 is 2.71 bits per heavy atom. The first-order valence-corrected chi connectivity index (χ1v) is 5.80. The van der Waals surface area contributed by atoms with Crippen LogP contribution >= 0.6 is 0 Å². The Hall–Kier alpha value is -0.570. The second kappa shape index (κ2) is 5.35. The second-order valence-corrected chi connectivity index (χ2v) is 4.18. The summed E-state index contributed by atoms with van der Waals surface area (Å²) in [5.74, 6) is 0.341. The van der Waals surface area contributed by atoms with E-state index in [2.05, 4.69) is 18.7 Å². The molecule has 0 aliphatic carbocycles. The van der Waals surface area contributed by atoms with Crippen molar-refractivity contribution in [1.29, 1.82) is 5.41 Å². The minimum atomic E-state index is 0.181. The zero-order valence-electron chi connectivity index (χ0n) is 9.42. The number of likely N-dealkylation sites (tertiary alicyclic amines) is 1. The molecule has 82 valence electrons. The van der Waals surface area contributed by atoms with Gasteiger partial charge in [-0.25, -0.2) is 0 Å². The van der Waals surface area contributed by atoms with Gasteiger partial charge in [-0.3, -0.25) is 10.3 Å². The molecule has 0 saturated carbocycles. The van der Waals surface area contributed by atoms with Crippen LogP contribution in [0.5, 0.6) is 0 Å². The molecule has 3 N–H and O–H groups in total. The molecule has 3 nitrogen and oxygen atoms in total. The second-order valence-electron chi connectivity index (χ2n) is 4.18. The molecule has 0 amide bonds. The topological polar surface area (TPSA) is 53.1 Å². The summed E-state index contributed by atoms with van der Waals surface area (Å²) in [6, 6.07) is 0.831. The molecule has 0 aromatic carbocycles. The van der Waals surface area contributed by atoms with Gasteiger partial charge in [0.1, 0.15) is 5.84 Å². The van der Waals surface area contributed by atoms with E-state index in [0.29, 0.717) is 11.9 Å². The van der Waals surface area contributed by atoms with E-state index >= 15 is 0 Å². The van der Waals surface area contributed by atoms with Gasteiger partial charge >= 0.3 is 0 Å². The molecule has 1 heterocycles. The van der Waals surface area contributed by atoms with Crippen LogP contribution < -0.4 is 5.73 Å². The van der Waals surface area contributed by atoms with E-state index in [1.165, 1.54) is 25.7 Å². The Balaban J connectivity index is 2.65. The van der Waals surface area contributed by atoms with E-state index < -0.39 is 0 Å². The Kier molecular flexibility index (Phi) is 4.39. The third-order valence-electron chi connectivity index (χ3n) is 3.29. The molecular formula is C11H23N3. The first kappa shape index (κ1) is 11.5. The van der Waals surface area contributed by atoms with Gasteiger partial charge in [-0.1, -0.05) is 20.3 Å². The summed E-state index contributed by atoms with van der Waals surface area (Å²) in [7, 11) is 0. The van der Waals surface area contributed by atoms with Gasteiger partial charge in [0.05, 0.1) is 6.04 Å². The SMILES string of the molecule is CCC1CCCCN1C(CC)C(=N)N. The highest BCUT2D eigenvalue weighted by Crippen LogP contribution is 2.22. The Morgan fingerprint density at radius 1 is 1.50 bits per heavy atom. The lowest BCUT2D eigenvalue weighted by Crippen LogP contribution is -2.51. The van der Waals surface area contributed by atoms with E-state index in [4.69, 9.17) is 11.1 Å². The van der Waals surface area contributed by atoms with Crippen molar-refractivity contribution < 1.29 is 0 Å². The van der Waals surface area contributed by atoms with Gasteiger partial charge in [0.25, 0.3) is 0 Å². The molecule has 0 aromatic heterocycles. The summed E-state index contributed by atoms with van der Waals surface area (Å²) < 4.78 is 0. The predicted molar refractivity (Wildman–Crippen MR) is 60.6 cm³/mol. The van der Waals surface area contributed by atoms with Crippen LogP contribution in [0.3, 0.4) is 0 Å². The molecule has 14 heavy (non-hydrogen) atoms. The van der Waals surface area contributed by atoms with Crippen molar-refractivity contribution in [3.8, 4) is 0 Å². The van der Waals surface area contributed by atoms with Crippen molar-refractivity contribution in [3.05, 3.63) is 0 Å². The maximum Gasteiger partial charge on any atom is 0.108 e. The first-order valence-electron chi connectivity index (χ1n) is 5.80. The standard InChI is InChI=1S/C11H23N3/c1-3-9-7-5-6-8-14(9)10(4-2)11(12)13/h9-10H,3-8H2,1-2H3,(H3,12,13). The van der Waals surface area contributed by atoms with Crippen LogP contribution in [-0.4, -0.2) is 29.4 Å². The fraction of sp³-hybridized carbons (Fsp3) is 0.909. The zero-order chi connectivity index (χ0) is 10.6.